The fraction of sp³-hybridized carbons (Fsp3) is 0.186. The number of hydrogen-bond donors (Lipinski definition) is 0. The first kappa shape index (κ1) is 33.4. The van der Waals surface area contributed by atoms with Crippen LogP contribution in [0, 0.1) is 23.7 Å². The molecule has 8 aromatic rings. The quantitative estimate of drug-likeness (QED) is 0.172. The van der Waals surface area contributed by atoms with Gasteiger partial charge >= 0.3 is 0 Å². The Morgan fingerprint density at radius 1 is 0.350 bits per heavy atom. The number of rotatable bonds is 4. The molecule has 7 aliphatic rings. The van der Waals surface area contributed by atoms with Gasteiger partial charge in [-0.25, -0.2) is 0 Å². The molecular formula is C59H45N. The molecule has 0 heterocycles. The molecule has 1 nitrogen and oxygen atoms in total. The summed E-state index contributed by atoms with van der Waals surface area (Å²) in [5.74, 6) is 3.19. The van der Waals surface area contributed by atoms with Gasteiger partial charge in [-0.15, -0.1) is 0 Å². The molecule has 0 N–H and O–H groups in total. The Balaban J connectivity index is 1.09. The third-order valence-corrected chi connectivity index (χ3v) is 16.3. The molecule has 0 aliphatic heterocycles. The van der Waals surface area contributed by atoms with Crippen LogP contribution in [0.2, 0.25) is 0 Å². The van der Waals surface area contributed by atoms with Gasteiger partial charge in [0.1, 0.15) is 0 Å². The molecule has 0 amide bonds. The van der Waals surface area contributed by atoms with Crippen molar-refractivity contribution in [1.29, 1.82) is 0 Å². The second kappa shape index (κ2) is 12.1. The van der Waals surface area contributed by atoms with Gasteiger partial charge in [-0.05, 0) is 147 Å². The zero-order chi connectivity index (χ0) is 39.2. The lowest BCUT2D eigenvalue weighted by atomic mass is 9.43. The average Bonchev–Trinajstić information content (AvgIpc) is 3.89. The number of anilines is 3. The molecule has 0 radical (unpaired) electrons. The highest BCUT2D eigenvalue weighted by molar-refractivity contribution is 6.01. The van der Waals surface area contributed by atoms with Crippen molar-refractivity contribution in [3.8, 4) is 44.5 Å². The fourth-order valence-electron chi connectivity index (χ4n) is 14.5. The highest BCUT2D eigenvalue weighted by Gasteiger charge is 2.62. The lowest BCUT2D eigenvalue weighted by Crippen LogP contribution is -2.55. The Kier molecular flexibility index (Phi) is 6.72. The van der Waals surface area contributed by atoms with Crippen LogP contribution in [0.5, 0.6) is 0 Å². The summed E-state index contributed by atoms with van der Waals surface area (Å²) >= 11 is 0. The van der Waals surface area contributed by atoms with Gasteiger partial charge in [0.2, 0.25) is 0 Å². The maximum atomic E-state index is 2.68. The van der Waals surface area contributed by atoms with E-state index in [1.807, 2.05) is 0 Å². The van der Waals surface area contributed by atoms with E-state index < -0.39 is 5.41 Å². The molecule has 2 spiro atoms. The van der Waals surface area contributed by atoms with E-state index in [1.165, 1.54) is 116 Å². The van der Waals surface area contributed by atoms with Gasteiger partial charge in [-0.2, -0.15) is 0 Å². The molecule has 286 valence electrons. The predicted molar refractivity (Wildman–Crippen MR) is 246 cm³/mol. The molecule has 4 bridgehead atoms. The Hall–Kier alpha value is -6.44. The van der Waals surface area contributed by atoms with Crippen LogP contribution in [0.15, 0.2) is 188 Å². The number of benzene rings is 8. The first-order valence-corrected chi connectivity index (χ1v) is 22.4. The molecule has 7 aliphatic carbocycles. The van der Waals surface area contributed by atoms with Gasteiger partial charge in [-0.3, -0.25) is 0 Å². The zero-order valence-electron chi connectivity index (χ0n) is 33.7. The van der Waals surface area contributed by atoms with Gasteiger partial charge in [0.25, 0.3) is 0 Å². The molecule has 1 heteroatoms. The fourth-order valence-corrected chi connectivity index (χ4v) is 14.5. The minimum absolute atomic E-state index is 0.0689. The van der Waals surface area contributed by atoms with Crippen molar-refractivity contribution in [3.63, 3.8) is 0 Å². The highest BCUT2D eigenvalue weighted by Crippen LogP contribution is 2.70. The number of hydrogen-bond acceptors (Lipinski definition) is 1. The van der Waals surface area contributed by atoms with Gasteiger partial charge in [0.05, 0.1) is 16.8 Å². The molecule has 0 atom stereocenters. The van der Waals surface area contributed by atoms with Crippen molar-refractivity contribution in [1.82, 2.24) is 0 Å². The number of para-hydroxylation sites is 1. The Morgan fingerprint density at radius 3 is 1.45 bits per heavy atom. The first-order chi connectivity index (χ1) is 29.7. The third kappa shape index (κ3) is 4.09. The maximum Gasteiger partial charge on any atom is 0.0746 e. The molecule has 8 aromatic carbocycles. The lowest BCUT2D eigenvalue weighted by molar-refractivity contribution is -0.0399. The smallest absolute Gasteiger partial charge is 0.0746 e. The van der Waals surface area contributed by atoms with E-state index in [1.54, 1.807) is 11.1 Å². The molecule has 15 rings (SSSR count). The number of fused-ring (bicyclic) bond motifs is 13. The maximum absolute atomic E-state index is 2.68. The standard InChI is InChI=1S/C59H45N/c1-2-15-39(16-3-1)43-17-8-13-27-55(43)60(42-29-30-48-46-20-4-9-23-50(46)58(54(48)36-42)40-32-37-31-38(34-40)35-41(58)33-37)56-28-14-22-49-47-21-7-12-26-53(47)59(57(49)56)51-24-10-5-18-44(51)45-19-6-11-25-52(45)59/h1-30,36-38,40-41H,31-35H2. The van der Waals surface area contributed by atoms with Crippen molar-refractivity contribution in [2.24, 2.45) is 23.7 Å². The Bertz CT molecular complexity index is 2990. The van der Waals surface area contributed by atoms with Crippen LogP contribution in [-0.2, 0) is 10.8 Å². The SMILES string of the molecule is c1ccc(-c2ccccc2N(c2ccc3c(c2)C2(c4ccccc4-3)C3CC4CC(C3)CC2C4)c2cccc3c2C2(c4ccccc4-c4ccccc42)c2ccccc2-3)cc1. The summed E-state index contributed by atoms with van der Waals surface area (Å²) in [6.07, 6.45) is 6.95. The monoisotopic (exact) mass is 767 g/mol. The van der Waals surface area contributed by atoms with Crippen LogP contribution >= 0.6 is 0 Å². The van der Waals surface area contributed by atoms with E-state index in [-0.39, 0.29) is 5.41 Å². The van der Waals surface area contributed by atoms with E-state index in [2.05, 4.69) is 193 Å². The van der Waals surface area contributed by atoms with Gasteiger partial charge in [-0.1, -0.05) is 164 Å². The Morgan fingerprint density at radius 2 is 0.817 bits per heavy atom. The predicted octanol–water partition coefficient (Wildman–Crippen LogP) is 14.9. The largest absolute Gasteiger partial charge is 0.310 e. The van der Waals surface area contributed by atoms with Crippen molar-refractivity contribution >= 4 is 17.1 Å². The van der Waals surface area contributed by atoms with Crippen LogP contribution in [-0.4, -0.2) is 0 Å². The lowest BCUT2D eigenvalue weighted by Gasteiger charge is -2.61. The van der Waals surface area contributed by atoms with Crippen molar-refractivity contribution in [3.05, 3.63) is 221 Å². The second-order valence-corrected chi connectivity index (χ2v) is 18.8. The van der Waals surface area contributed by atoms with Crippen LogP contribution in [0.3, 0.4) is 0 Å². The van der Waals surface area contributed by atoms with Gasteiger partial charge in [0.15, 0.2) is 0 Å². The summed E-state index contributed by atoms with van der Waals surface area (Å²) in [6, 6.07) is 72.2. The summed E-state index contributed by atoms with van der Waals surface area (Å²) in [7, 11) is 0. The third-order valence-electron chi connectivity index (χ3n) is 16.3. The van der Waals surface area contributed by atoms with Crippen molar-refractivity contribution in [2.75, 3.05) is 4.90 Å². The van der Waals surface area contributed by atoms with Crippen LogP contribution in [0.4, 0.5) is 17.1 Å². The topological polar surface area (TPSA) is 3.24 Å². The number of nitrogens with zero attached hydrogens (tertiary/aromatic N) is 1. The van der Waals surface area contributed by atoms with Gasteiger partial charge < -0.3 is 4.90 Å². The van der Waals surface area contributed by atoms with Crippen molar-refractivity contribution < 1.29 is 0 Å². The minimum atomic E-state index is -0.481. The molecule has 4 saturated carbocycles. The first-order valence-electron chi connectivity index (χ1n) is 22.4. The zero-order valence-corrected chi connectivity index (χ0v) is 33.7. The summed E-state index contributed by atoms with van der Waals surface area (Å²) in [5, 5.41) is 0. The van der Waals surface area contributed by atoms with Gasteiger partial charge in [0, 0.05) is 22.2 Å². The van der Waals surface area contributed by atoms with Crippen LogP contribution in [0.25, 0.3) is 44.5 Å². The summed E-state index contributed by atoms with van der Waals surface area (Å²) in [5.41, 5.74) is 22.7. The summed E-state index contributed by atoms with van der Waals surface area (Å²) < 4.78 is 0. The van der Waals surface area contributed by atoms with E-state index in [9.17, 15) is 0 Å². The van der Waals surface area contributed by atoms with E-state index in [0.717, 1.165) is 11.8 Å². The summed E-state index contributed by atoms with van der Waals surface area (Å²) in [4.78, 5) is 2.67. The van der Waals surface area contributed by atoms with Crippen LogP contribution in [0.1, 0.15) is 65.5 Å². The minimum Gasteiger partial charge on any atom is -0.310 e. The molecule has 60 heavy (non-hydrogen) atoms. The second-order valence-electron chi connectivity index (χ2n) is 18.8. The highest BCUT2D eigenvalue weighted by atomic mass is 15.2. The van der Waals surface area contributed by atoms with Crippen molar-refractivity contribution in [2.45, 2.75) is 42.9 Å². The molecule has 4 fully saturated rings. The van der Waals surface area contributed by atoms with Crippen LogP contribution < -0.4 is 4.90 Å². The van der Waals surface area contributed by atoms with E-state index in [4.69, 9.17) is 0 Å². The molecule has 0 aromatic heterocycles. The summed E-state index contributed by atoms with van der Waals surface area (Å²) in [6.45, 7) is 0. The molecular weight excluding hydrogens is 723 g/mol. The molecule has 0 saturated heterocycles. The normalized spacial score (nSPS) is 23.5. The van der Waals surface area contributed by atoms with E-state index >= 15 is 0 Å². The average molecular weight is 768 g/mol. The van der Waals surface area contributed by atoms with E-state index in [0.29, 0.717) is 11.8 Å². The molecule has 0 unspecified atom stereocenters. The Labute approximate surface area is 353 Å².